The minimum Gasteiger partial charge on any atom is -0.313 e. The molecule has 2 aromatic rings. The Balaban J connectivity index is 0.00000242. The Labute approximate surface area is 143 Å². The summed E-state index contributed by atoms with van der Waals surface area (Å²) in [6.07, 6.45) is 0. The summed E-state index contributed by atoms with van der Waals surface area (Å²) >= 11 is 1.47. The Hall–Kier alpha value is -1.03. The van der Waals surface area contributed by atoms with E-state index in [0.29, 0.717) is 10.8 Å². The van der Waals surface area contributed by atoms with E-state index in [1.807, 2.05) is 26.1 Å². The molecule has 1 N–H and O–H groups in total. The minimum atomic E-state index is -0.160. The van der Waals surface area contributed by atoms with Crippen LogP contribution in [0.1, 0.15) is 43.9 Å². The molecule has 0 aliphatic rings. The Bertz CT molecular complexity index is 599. The van der Waals surface area contributed by atoms with E-state index in [9.17, 15) is 4.39 Å². The first kappa shape index (κ1) is 19.0. The molecule has 1 unspecified atom stereocenters. The van der Waals surface area contributed by atoms with Gasteiger partial charge in [0.1, 0.15) is 5.82 Å². The Kier molecular flexibility index (Phi) is 7.40. The van der Waals surface area contributed by atoms with E-state index in [4.69, 9.17) is 0 Å². The second kappa shape index (κ2) is 8.56. The Morgan fingerprint density at radius 3 is 2.05 bits per heavy atom. The van der Waals surface area contributed by atoms with Crippen LogP contribution in [0.25, 0.3) is 0 Å². The van der Waals surface area contributed by atoms with Crippen LogP contribution < -0.4 is 5.32 Å². The minimum absolute atomic E-state index is 0. The van der Waals surface area contributed by atoms with E-state index in [1.54, 1.807) is 6.07 Å². The summed E-state index contributed by atoms with van der Waals surface area (Å²) in [6, 6.07) is 14.0. The van der Waals surface area contributed by atoms with Gasteiger partial charge < -0.3 is 5.32 Å². The van der Waals surface area contributed by atoms with Crippen molar-refractivity contribution in [2.45, 2.75) is 42.5 Å². The molecule has 0 radical (unpaired) electrons. The number of rotatable bonds is 5. The molecule has 2 aromatic carbocycles. The van der Waals surface area contributed by atoms with Crippen molar-refractivity contribution in [3.8, 4) is 0 Å². The van der Waals surface area contributed by atoms with Crippen molar-refractivity contribution in [3.05, 3.63) is 59.4 Å². The highest BCUT2D eigenvalue weighted by atomic mass is 35.5. The highest BCUT2D eigenvalue weighted by Crippen LogP contribution is 2.32. The molecule has 0 spiro atoms. The fraction of sp³-hybridized carbons (Fsp3) is 0.333. The second-order valence-electron chi connectivity index (χ2n) is 5.53. The van der Waals surface area contributed by atoms with Crippen LogP contribution in [-0.4, -0.2) is 7.05 Å². The van der Waals surface area contributed by atoms with Crippen LogP contribution in [0, 0.1) is 5.82 Å². The maximum Gasteiger partial charge on any atom is 0.137 e. The van der Waals surface area contributed by atoms with Gasteiger partial charge in [0.05, 0.1) is 0 Å². The van der Waals surface area contributed by atoms with Gasteiger partial charge in [-0.1, -0.05) is 43.8 Å². The van der Waals surface area contributed by atoms with Gasteiger partial charge in [0.25, 0.3) is 0 Å². The molecule has 0 saturated carbocycles. The Morgan fingerprint density at radius 1 is 0.955 bits per heavy atom. The maximum absolute atomic E-state index is 14.2. The lowest BCUT2D eigenvalue weighted by molar-refractivity contribution is 0.587. The summed E-state index contributed by atoms with van der Waals surface area (Å²) in [4.78, 5) is 1.73. The van der Waals surface area contributed by atoms with Crippen LogP contribution in [-0.2, 0) is 0 Å². The van der Waals surface area contributed by atoms with Gasteiger partial charge in [0, 0.05) is 15.8 Å². The molecule has 2 rings (SSSR count). The topological polar surface area (TPSA) is 12.0 Å². The third-order valence-electron chi connectivity index (χ3n) is 3.66. The molecule has 0 heterocycles. The van der Waals surface area contributed by atoms with Crippen molar-refractivity contribution in [3.63, 3.8) is 0 Å². The van der Waals surface area contributed by atoms with Gasteiger partial charge in [-0.25, -0.2) is 4.39 Å². The standard InChI is InChI=1S/C18H22FNS.ClH/c1-12(2)14-5-8-16(9-6-14)21-18-10-7-15(11-17(18)19)13(3)20-4;/h5-13,20H,1-4H3;1H. The van der Waals surface area contributed by atoms with Crippen molar-refractivity contribution in [1.29, 1.82) is 0 Å². The highest BCUT2D eigenvalue weighted by molar-refractivity contribution is 7.99. The van der Waals surface area contributed by atoms with Crippen molar-refractivity contribution in [2.75, 3.05) is 7.05 Å². The lowest BCUT2D eigenvalue weighted by Gasteiger charge is -2.12. The maximum atomic E-state index is 14.2. The second-order valence-corrected chi connectivity index (χ2v) is 6.64. The lowest BCUT2D eigenvalue weighted by atomic mass is 10.0. The molecule has 4 heteroatoms. The van der Waals surface area contributed by atoms with Crippen molar-refractivity contribution in [1.82, 2.24) is 5.32 Å². The zero-order chi connectivity index (χ0) is 15.4. The molecule has 0 aromatic heterocycles. The molecule has 0 bridgehead atoms. The molecule has 0 fully saturated rings. The van der Waals surface area contributed by atoms with Gasteiger partial charge in [-0.15, -0.1) is 12.4 Å². The molecule has 120 valence electrons. The molecule has 22 heavy (non-hydrogen) atoms. The van der Waals surface area contributed by atoms with Gasteiger partial charge in [0.2, 0.25) is 0 Å². The summed E-state index contributed by atoms with van der Waals surface area (Å²) in [5, 5.41) is 3.12. The fourth-order valence-corrected chi connectivity index (χ4v) is 2.90. The largest absolute Gasteiger partial charge is 0.313 e. The molecule has 0 aliphatic carbocycles. The van der Waals surface area contributed by atoms with E-state index in [1.165, 1.54) is 17.3 Å². The summed E-state index contributed by atoms with van der Waals surface area (Å²) in [5.41, 5.74) is 2.27. The van der Waals surface area contributed by atoms with Crippen molar-refractivity contribution < 1.29 is 4.39 Å². The van der Waals surface area contributed by atoms with Crippen LogP contribution in [0.2, 0.25) is 0 Å². The SMILES string of the molecule is CNC(C)c1ccc(Sc2ccc(C(C)C)cc2)c(F)c1.Cl. The summed E-state index contributed by atoms with van der Waals surface area (Å²) < 4.78 is 14.2. The molecule has 1 atom stereocenters. The fourth-order valence-electron chi connectivity index (χ4n) is 2.08. The highest BCUT2D eigenvalue weighted by Gasteiger charge is 2.09. The number of hydrogen-bond donors (Lipinski definition) is 1. The predicted octanol–water partition coefficient (Wildman–Crippen LogP) is 5.80. The van der Waals surface area contributed by atoms with Gasteiger partial charge in [-0.05, 0) is 55.3 Å². The van der Waals surface area contributed by atoms with E-state index >= 15 is 0 Å². The zero-order valence-electron chi connectivity index (χ0n) is 13.4. The van der Waals surface area contributed by atoms with Crippen LogP contribution in [0.3, 0.4) is 0 Å². The number of nitrogens with one attached hydrogen (secondary N) is 1. The molecule has 0 amide bonds. The van der Waals surface area contributed by atoms with Gasteiger partial charge in [-0.3, -0.25) is 0 Å². The predicted molar refractivity (Wildman–Crippen MR) is 95.8 cm³/mol. The van der Waals surface area contributed by atoms with E-state index in [0.717, 1.165) is 10.5 Å². The van der Waals surface area contributed by atoms with Crippen LogP contribution in [0.15, 0.2) is 52.3 Å². The first-order valence-corrected chi connectivity index (χ1v) is 8.07. The van der Waals surface area contributed by atoms with E-state index in [-0.39, 0.29) is 24.3 Å². The van der Waals surface area contributed by atoms with Crippen LogP contribution in [0.4, 0.5) is 4.39 Å². The number of hydrogen-bond acceptors (Lipinski definition) is 2. The molecule has 1 nitrogen and oxygen atoms in total. The number of halogens is 2. The lowest BCUT2D eigenvalue weighted by Crippen LogP contribution is -2.12. The molecular formula is C18H23ClFNS. The summed E-state index contributed by atoms with van der Waals surface area (Å²) in [7, 11) is 1.88. The summed E-state index contributed by atoms with van der Waals surface area (Å²) in [6.45, 7) is 6.36. The van der Waals surface area contributed by atoms with Gasteiger partial charge >= 0.3 is 0 Å². The van der Waals surface area contributed by atoms with Crippen molar-refractivity contribution >= 4 is 24.2 Å². The molecule has 0 aliphatic heterocycles. The monoisotopic (exact) mass is 339 g/mol. The Morgan fingerprint density at radius 2 is 1.55 bits per heavy atom. The average molecular weight is 340 g/mol. The van der Waals surface area contributed by atoms with E-state index < -0.39 is 0 Å². The van der Waals surface area contributed by atoms with Gasteiger partial charge in [-0.2, -0.15) is 0 Å². The number of benzene rings is 2. The quantitative estimate of drug-likeness (QED) is 0.738. The van der Waals surface area contributed by atoms with Crippen LogP contribution >= 0.6 is 24.2 Å². The zero-order valence-corrected chi connectivity index (χ0v) is 15.0. The third-order valence-corrected chi connectivity index (χ3v) is 4.72. The normalized spacial score (nSPS) is 12.1. The smallest absolute Gasteiger partial charge is 0.137 e. The first-order valence-electron chi connectivity index (χ1n) is 7.25. The van der Waals surface area contributed by atoms with Gasteiger partial charge in [0.15, 0.2) is 0 Å². The van der Waals surface area contributed by atoms with E-state index in [2.05, 4.69) is 43.4 Å². The van der Waals surface area contributed by atoms with Crippen molar-refractivity contribution in [2.24, 2.45) is 0 Å². The van der Waals surface area contributed by atoms with Crippen LogP contribution in [0.5, 0.6) is 0 Å². The molecule has 0 saturated heterocycles. The summed E-state index contributed by atoms with van der Waals surface area (Å²) in [5.74, 6) is 0.357. The third kappa shape index (κ3) is 4.73. The average Bonchev–Trinajstić information content (AvgIpc) is 2.49. The first-order chi connectivity index (χ1) is 10.0. The molecular weight excluding hydrogens is 317 g/mol.